The van der Waals surface area contributed by atoms with Crippen LogP contribution in [0.1, 0.15) is 11.5 Å². The average Bonchev–Trinajstić information content (AvgIpc) is 3.45. The smallest absolute Gasteiger partial charge is 0.237 e. The lowest BCUT2D eigenvalue weighted by Crippen LogP contribution is -1.95. The minimum atomic E-state index is 0.500. The predicted octanol–water partition coefficient (Wildman–Crippen LogP) is 5.37. The zero-order chi connectivity index (χ0) is 20.0. The summed E-state index contributed by atoms with van der Waals surface area (Å²) in [5.41, 5.74) is 2.93. The number of pyridine rings is 1. The second-order valence-electron chi connectivity index (χ2n) is 6.32. The Morgan fingerprint density at radius 2 is 2.14 bits per heavy atom. The van der Waals surface area contributed by atoms with Crippen LogP contribution in [-0.4, -0.2) is 31.8 Å². The Bertz CT molecular complexity index is 1340. The molecule has 0 aliphatic heterocycles. The molecule has 5 aromatic rings. The molecule has 0 radical (unpaired) electrons. The van der Waals surface area contributed by atoms with Gasteiger partial charge in [-0.05, 0) is 52.7 Å². The summed E-state index contributed by atoms with van der Waals surface area (Å²) in [6.45, 7) is 2.07. The highest BCUT2D eigenvalue weighted by atomic mass is 79.9. The van der Waals surface area contributed by atoms with E-state index in [1.54, 1.807) is 18.4 Å². The lowest BCUT2D eigenvalue weighted by molar-refractivity contribution is 0.391. The van der Waals surface area contributed by atoms with Gasteiger partial charge in [0.05, 0.1) is 23.3 Å². The van der Waals surface area contributed by atoms with Crippen molar-refractivity contribution in [2.24, 2.45) is 0 Å². The third-order valence-electron chi connectivity index (χ3n) is 4.46. The fourth-order valence-corrected chi connectivity index (χ4v) is 5.23. The van der Waals surface area contributed by atoms with Gasteiger partial charge >= 0.3 is 0 Å². The van der Waals surface area contributed by atoms with Gasteiger partial charge in [-0.25, -0.2) is 0 Å². The number of hydrogen-bond acceptors (Lipinski definition) is 8. The highest BCUT2D eigenvalue weighted by Crippen LogP contribution is 2.31. The van der Waals surface area contributed by atoms with Crippen molar-refractivity contribution in [2.45, 2.75) is 17.8 Å². The van der Waals surface area contributed by atoms with Crippen molar-refractivity contribution in [1.82, 2.24) is 24.7 Å². The first kappa shape index (κ1) is 18.6. The van der Waals surface area contributed by atoms with Gasteiger partial charge in [0, 0.05) is 21.3 Å². The Kier molecular flexibility index (Phi) is 4.76. The van der Waals surface area contributed by atoms with Gasteiger partial charge in [0.1, 0.15) is 5.75 Å². The summed E-state index contributed by atoms with van der Waals surface area (Å²) in [5, 5.41) is 16.7. The van der Waals surface area contributed by atoms with Gasteiger partial charge in [-0.3, -0.25) is 4.40 Å². The van der Waals surface area contributed by atoms with Gasteiger partial charge < -0.3 is 9.26 Å². The molecule has 1 aromatic carbocycles. The van der Waals surface area contributed by atoms with E-state index >= 15 is 0 Å². The molecule has 4 heterocycles. The number of rotatable bonds is 5. The van der Waals surface area contributed by atoms with Crippen LogP contribution in [0, 0.1) is 6.92 Å². The molecule has 0 amide bonds. The number of halogens is 1. The maximum atomic E-state index is 5.41. The van der Waals surface area contributed by atoms with Crippen LogP contribution in [0.3, 0.4) is 0 Å². The van der Waals surface area contributed by atoms with Crippen molar-refractivity contribution in [1.29, 1.82) is 0 Å². The fourth-order valence-electron chi connectivity index (χ4n) is 3.09. The van der Waals surface area contributed by atoms with Crippen LogP contribution < -0.4 is 4.74 Å². The minimum Gasteiger partial charge on any atom is -0.497 e. The number of thiophene rings is 1. The molecule has 0 saturated heterocycles. The molecule has 0 fully saturated rings. The van der Waals surface area contributed by atoms with Crippen LogP contribution in [0.2, 0.25) is 0 Å². The predicted molar refractivity (Wildman–Crippen MR) is 117 cm³/mol. The number of fused-ring (bicyclic) bond motifs is 3. The van der Waals surface area contributed by atoms with Gasteiger partial charge in [-0.15, -0.1) is 21.5 Å². The normalized spacial score (nSPS) is 11.6. The molecule has 4 aromatic heterocycles. The molecule has 0 aliphatic carbocycles. The molecule has 0 saturated carbocycles. The van der Waals surface area contributed by atoms with Gasteiger partial charge in [-0.2, -0.15) is 4.98 Å². The van der Waals surface area contributed by atoms with Crippen molar-refractivity contribution in [3.63, 3.8) is 0 Å². The lowest BCUT2D eigenvalue weighted by Gasteiger charge is -2.09. The van der Waals surface area contributed by atoms with Crippen molar-refractivity contribution in [3.05, 3.63) is 51.6 Å². The Hall–Kier alpha value is -2.43. The topological polar surface area (TPSA) is 78.3 Å². The van der Waals surface area contributed by atoms with E-state index < -0.39 is 0 Å². The number of aryl methyl sites for hydroxylation is 1. The number of ether oxygens (including phenoxy) is 1. The third-order valence-corrected chi connectivity index (χ3v) is 7.06. The summed E-state index contributed by atoms with van der Waals surface area (Å²) in [6.07, 6.45) is 0. The first-order valence-corrected chi connectivity index (χ1v) is 11.3. The molecule has 0 bridgehead atoms. The molecule has 0 spiro atoms. The molecule has 0 N–H and O–H groups in total. The molecule has 29 heavy (non-hydrogen) atoms. The summed E-state index contributed by atoms with van der Waals surface area (Å²) in [7, 11) is 1.66. The van der Waals surface area contributed by atoms with Crippen molar-refractivity contribution < 1.29 is 9.26 Å². The second-order valence-corrected chi connectivity index (χ2v) is 9.09. The van der Waals surface area contributed by atoms with Crippen molar-refractivity contribution in [3.8, 4) is 16.5 Å². The van der Waals surface area contributed by atoms with Crippen LogP contribution in [0.5, 0.6) is 5.75 Å². The van der Waals surface area contributed by atoms with E-state index in [1.807, 2.05) is 34.0 Å². The monoisotopic (exact) mass is 487 g/mol. The van der Waals surface area contributed by atoms with E-state index in [0.717, 1.165) is 42.4 Å². The number of hydrogen-bond donors (Lipinski definition) is 0. The largest absolute Gasteiger partial charge is 0.497 e. The standard InChI is InChI=1S/C19H14BrN5O2S2/c1-10-5-16-22-23-19(25(16)14-7-12(26-2)3-4-13(10)14)29-9-17-21-18(24-27-17)15-6-11(20)8-28-15/h3-8H,9H2,1-2H3. The van der Waals surface area contributed by atoms with Gasteiger partial charge in [0.25, 0.3) is 0 Å². The summed E-state index contributed by atoms with van der Waals surface area (Å²) in [4.78, 5) is 5.45. The molecule has 10 heteroatoms. The average molecular weight is 488 g/mol. The summed E-state index contributed by atoms with van der Waals surface area (Å²) in [6, 6.07) is 10.0. The third kappa shape index (κ3) is 3.41. The number of thioether (sulfide) groups is 1. The highest BCUT2D eigenvalue weighted by molar-refractivity contribution is 9.10. The van der Waals surface area contributed by atoms with Crippen molar-refractivity contribution in [2.75, 3.05) is 7.11 Å². The van der Waals surface area contributed by atoms with Crippen LogP contribution in [0.4, 0.5) is 0 Å². The second kappa shape index (κ2) is 7.43. The van der Waals surface area contributed by atoms with E-state index in [4.69, 9.17) is 9.26 Å². The lowest BCUT2D eigenvalue weighted by atomic mass is 10.1. The summed E-state index contributed by atoms with van der Waals surface area (Å²) < 4.78 is 13.9. The molecule has 0 atom stereocenters. The molecule has 5 rings (SSSR count). The summed E-state index contributed by atoms with van der Waals surface area (Å²) >= 11 is 6.51. The Morgan fingerprint density at radius 3 is 2.93 bits per heavy atom. The molecule has 0 aliphatic rings. The van der Waals surface area contributed by atoms with Crippen LogP contribution in [0.15, 0.2) is 49.9 Å². The fraction of sp³-hybridized carbons (Fsp3) is 0.158. The van der Waals surface area contributed by atoms with E-state index in [-0.39, 0.29) is 0 Å². The maximum absolute atomic E-state index is 5.41. The van der Waals surface area contributed by atoms with Crippen LogP contribution in [0.25, 0.3) is 27.3 Å². The molecule has 0 unspecified atom stereocenters. The number of aromatic nitrogens is 5. The molecular weight excluding hydrogens is 474 g/mol. The van der Waals surface area contributed by atoms with Crippen LogP contribution in [-0.2, 0) is 5.75 Å². The molecular formula is C19H14BrN5O2S2. The van der Waals surface area contributed by atoms with E-state index in [2.05, 4.69) is 49.3 Å². The first-order valence-electron chi connectivity index (χ1n) is 8.64. The van der Waals surface area contributed by atoms with Gasteiger partial charge in [-0.1, -0.05) is 16.9 Å². The molecule has 7 nitrogen and oxygen atoms in total. The number of methoxy groups -OCH3 is 1. The van der Waals surface area contributed by atoms with E-state index in [1.165, 1.54) is 11.8 Å². The van der Waals surface area contributed by atoms with Crippen molar-refractivity contribution >= 4 is 55.6 Å². The number of nitrogens with zero attached hydrogens (tertiary/aromatic N) is 5. The zero-order valence-electron chi connectivity index (χ0n) is 15.4. The zero-order valence-corrected chi connectivity index (χ0v) is 18.6. The van der Waals surface area contributed by atoms with E-state index in [0.29, 0.717) is 17.5 Å². The van der Waals surface area contributed by atoms with Gasteiger partial charge in [0.2, 0.25) is 11.7 Å². The SMILES string of the molecule is COc1ccc2c(C)cc3nnc(SCc4nc(-c5cc(Br)cs5)no4)n3c2c1. The van der Waals surface area contributed by atoms with Crippen LogP contribution >= 0.6 is 39.0 Å². The van der Waals surface area contributed by atoms with E-state index in [9.17, 15) is 0 Å². The maximum Gasteiger partial charge on any atom is 0.237 e. The van der Waals surface area contributed by atoms with Gasteiger partial charge in [0.15, 0.2) is 10.8 Å². The summed E-state index contributed by atoms with van der Waals surface area (Å²) in [5.74, 6) is 2.42. The quantitative estimate of drug-likeness (QED) is 0.308. The molecule has 146 valence electrons. The Morgan fingerprint density at radius 1 is 1.24 bits per heavy atom. The Labute approximate surface area is 182 Å². The minimum absolute atomic E-state index is 0.500. The number of benzene rings is 1. The Balaban J connectivity index is 1.48. The highest BCUT2D eigenvalue weighted by Gasteiger charge is 2.15. The first-order chi connectivity index (χ1) is 14.1.